The Morgan fingerprint density at radius 3 is 2.40 bits per heavy atom. The van der Waals surface area contributed by atoms with Gasteiger partial charge in [-0.3, -0.25) is 9.69 Å². The third-order valence-corrected chi connectivity index (χ3v) is 4.27. The number of hydrogen-bond donors (Lipinski definition) is 0. The number of hydrogen-bond acceptors (Lipinski definition) is 2. The molecule has 1 rings (SSSR count). The smallest absolute Gasteiger partial charge is 0.227 e. The number of carbonyl (C=O) groups excluding carboxylic acids is 1. The highest BCUT2D eigenvalue weighted by Crippen LogP contribution is 2.26. The molecule has 1 atom stereocenters. The molecule has 1 amide bonds. The van der Waals surface area contributed by atoms with Crippen molar-refractivity contribution in [1.82, 2.24) is 9.80 Å². The topological polar surface area (TPSA) is 23.6 Å². The largest absolute Gasteiger partial charge is 0.342 e. The van der Waals surface area contributed by atoms with Crippen molar-refractivity contribution in [3.8, 4) is 0 Å². The molecule has 118 valence electrons. The van der Waals surface area contributed by atoms with Crippen LogP contribution in [0, 0.1) is 11.8 Å². The molecule has 1 aliphatic heterocycles. The van der Waals surface area contributed by atoms with E-state index in [1.165, 1.54) is 0 Å². The molecule has 1 aliphatic rings. The van der Waals surface area contributed by atoms with Gasteiger partial charge in [-0.05, 0) is 52.5 Å². The van der Waals surface area contributed by atoms with Gasteiger partial charge >= 0.3 is 0 Å². The van der Waals surface area contributed by atoms with Crippen molar-refractivity contribution in [3.05, 3.63) is 0 Å². The molecular weight excluding hydrogens is 248 g/mol. The maximum Gasteiger partial charge on any atom is 0.227 e. The molecule has 0 aromatic rings. The lowest BCUT2D eigenvalue weighted by atomic mass is 10.0. The molecule has 1 unspecified atom stereocenters. The SMILES string of the molecule is CCCN(CCC(C)C)C(=O)C1CCN(C(C)(C)C)C1. The van der Waals surface area contributed by atoms with Gasteiger partial charge in [0.15, 0.2) is 0 Å². The van der Waals surface area contributed by atoms with Crippen LogP contribution in [0.4, 0.5) is 0 Å². The standard InChI is InChI=1S/C17H34N2O/c1-7-10-18(11-8-14(2)3)16(20)15-9-12-19(13-15)17(4,5)6/h14-15H,7-13H2,1-6H3. The summed E-state index contributed by atoms with van der Waals surface area (Å²) in [6.45, 7) is 17.2. The molecule has 0 saturated carbocycles. The van der Waals surface area contributed by atoms with Gasteiger partial charge in [0.25, 0.3) is 0 Å². The minimum Gasteiger partial charge on any atom is -0.342 e. The fourth-order valence-corrected chi connectivity index (χ4v) is 2.85. The van der Waals surface area contributed by atoms with Crippen LogP contribution in [0.1, 0.15) is 60.8 Å². The van der Waals surface area contributed by atoms with Crippen LogP contribution in [0.5, 0.6) is 0 Å². The van der Waals surface area contributed by atoms with E-state index in [1.807, 2.05) is 0 Å². The lowest BCUT2D eigenvalue weighted by Crippen LogP contribution is -2.42. The summed E-state index contributed by atoms with van der Waals surface area (Å²) < 4.78 is 0. The van der Waals surface area contributed by atoms with Gasteiger partial charge in [0.1, 0.15) is 0 Å². The second-order valence-corrected chi connectivity index (χ2v) is 7.61. The van der Waals surface area contributed by atoms with Gasteiger partial charge in [-0.2, -0.15) is 0 Å². The molecule has 1 heterocycles. The van der Waals surface area contributed by atoms with Crippen LogP contribution in [-0.2, 0) is 4.79 Å². The fourth-order valence-electron chi connectivity index (χ4n) is 2.85. The lowest BCUT2D eigenvalue weighted by molar-refractivity contribution is -0.135. The molecule has 0 aromatic carbocycles. The summed E-state index contributed by atoms with van der Waals surface area (Å²) in [6, 6.07) is 0. The molecule has 0 aromatic heterocycles. The van der Waals surface area contributed by atoms with Crippen LogP contribution in [0.2, 0.25) is 0 Å². The van der Waals surface area contributed by atoms with Crippen LogP contribution >= 0.6 is 0 Å². The predicted octanol–water partition coefficient (Wildman–Crippen LogP) is 3.39. The molecule has 0 bridgehead atoms. The first kappa shape index (κ1) is 17.5. The van der Waals surface area contributed by atoms with Crippen molar-refractivity contribution in [2.75, 3.05) is 26.2 Å². The van der Waals surface area contributed by atoms with E-state index < -0.39 is 0 Å². The maximum absolute atomic E-state index is 12.7. The Bertz CT molecular complexity index is 307. The van der Waals surface area contributed by atoms with E-state index in [0.717, 1.165) is 45.4 Å². The normalized spacial score (nSPS) is 20.6. The first-order valence-corrected chi connectivity index (χ1v) is 8.29. The van der Waals surface area contributed by atoms with E-state index in [-0.39, 0.29) is 11.5 Å². The molecular formula is C17H34N2O. The Morgan fingerprint density at radius 1 is 1.30 bits per heavy atom. The zero-order valence-electron chi connectivity index (χ0n) is 14.4. The number of rotatable bonds is 6. The van der Waals surface area contributed by atoms with Crippen LogP contribution in [0.15, 0.2) is 0 Å². The predicted molar refractivity (Wildman–Crippen MR) is 85.8 cm³/mol. The van der Waals surface area contributed by atoms with Crippen LogP contribution < -0.4 is 0 Å². The maximum atomic E-state index is 12.7. The Kier molecular flexibility index (Phi) is 6.50. The molecule has 20 heavy (non-hydrogen) atoms. The molecule has 3 heteroatoms. The van der Waals surface area contributed by atoms with E-state index in [9.17, 15) is 4.79 Å². The van der Waals surface area contributed by atoms with E-state index in [4.69, 9.17) is 0 Å². The van der Waals surface area contributed by atoms with Gasteiger partial charge in [-0.1, -0.05) is 20.8 Å². The highest BCUT2D eigenvalue weighted by atomic mass is 16.2. The second kappa shape index (κ2) is 7.44. The first-order valence-electron chi connectivity index (χ1n) is 8.29. The van der Waals surface area contributed by atoms with E-state index in [0.29, 0.717) is 11.8 Å². The summed E-state index contributed by atoms with van der Waals surface area (Å²) in [5.41, 5.74) is 0.183. The fraction of sp³-hybridized carbons (Fsp3) is 0.941. The van der Waals surface area contributed by atoms with E-state index >= 15 is 0 Å². The van der Waals surface area contributed by atoms with Gasteiger partial charge < -0.3 is 4.90 Å². The lowest BCUT2D eigenvalue weighted by Gasteiger charge is -2.32. The molecule has 0 spiro atoms. The van der Waals surface area contributed by atoms with Gasteiger partial charge in [0.2, 0.25) is 5.91 Å². The van der Waals surface area contributed by atoms with Crippen LogP contribution in [0.25, 0.3) is 0 Å². The minimum absolute atomic E-state index is 0.183. The Balaban J connectivity index is 2.57. The molecule has 0 aliphatic carbocycles. The average molecular weight is 282 g/mol. The monoisotopic (exact) mass is 282 g/mol. The number of amides is 1. The van der Waals surface area contributed by atoms with Crippen molar-refractivity contribution >= 4 is 5.91 Å². The molecule has 0 radical (unpaired) electrons. The average Bonchev–Trinajstić information content (AvgIpc) is 2.82. The van der Waals surface area contributed by atoms with Crippen molar-refractivity contribution in [2.24, 2.45) is 11.8 Å². The quantitative estimate of drug-likeness (QED) is 0.745. The second-order valence-electron chi connectivity index (χ2n) is 7.61. The Morgan fingerprint density at radius 2 is 1.95 bits per heavy atom. The highest BCUT2D eigenvalue weighted by molar-refractivity contribution is 5.79. The molecule has 1 saturated heterocycles. The van der Waals surface area contributed by atoms with E-state index in [2.05, 4.69) is 51.3 Å². The Labute approximate surface area is 125 Å². The highest BCUT2D eigenvalue weighted by Gasteiger charge is 2.35. The summed E-state index contributed by atoms with van der Waals surface area (Å²) in [4.78, 5) is 17.3. The first-order chi connectivity index (χ1) is 9.25. The number of carbonyl (C=O) groups is 1. The third-order valence-electron chi connectivity index (χ3n) is 4.27. The third kappa shape index (κ3) is 5.08. The molecule has 3 nitrogen and oxygen atoms in total. The number of likely N-dealkylation sites (tertiary alicyclic amines) is 1. The van der Waals surface area contributed by atoms with E-state index in [1.54, 1.807) is 0 Å². The van der Waals surface area contributed by atoms with Gasteiger partial charge in [-0.15, -0.1) is 0 Å². The Hall–Kier alpha value is -0.570. The van der Waals surface area contributed by atoms with Gasteiger partial charge in [-0.25, -0.2) is 0 Å². The van der Waals surface area contributed by atoms with Gasteiger partial charge in [0, 0.05) is 25.2 Å². The van der Waals surface area contributed by atoms with Crippen molar-refractivity contribution in [3.63, 3.8) is 0 Å². The van der Waals surface area contributed by atoms with Crippen LogP contribution in [-0.4, -0.2) is 47.4 Å². The van der Waals surface area contributed by atoms with Crippen molar-refractivity contribution in [2.45, 2.75) is 66.3 Å². The summed E-state index contributed by atoms with van der Waals surface area (Å²) in [6.07, 6.45) is 3.19. The van der Waals surface area contributed by atoms with Crippen LogP contribution in [0.3, 0.4) is 0 Å². The number of nitrogens with zero attached hydrogens (tertiary/aromatic N) is 2. The summed E-state index contributed by atoms with van der Waals surface area (Å²) in [5.74, 6) is 1.27. The summed E-state index contributed by atoms with van der Waals surface area (Å²) in [7, 11) is 0. The van der Waals surface area contributed by atoms with Crippen molar-refractivity contribution in [1.29, 1.82) is 0 Å². The summed E-state index contributed by atoms with van der Waals surface area (Å²) >= 11 is 0. The molecule has 1 fully saturated rings. The zero-order valence-corrected chi connectivity index (χ0v) is 14.4. The van der Waals surface area contributed by atoms with Crippen molar-refractivity contribution < 1.29 is 4.79 Å². The van der Waals surface area contributed by atoms with Gasteiger partial charge in [0.05, 0.1) is 5.92 Å². The summed E-state index contributed by atoms with van der Waals surface area (Å²) in [5, 5.41) is 0. The molecule has 0 N–H and O–H groups in total. The zero-order chi connectivity index (χ0) is 15.3. The minimum atomic E-state index is 0.183.